The SMILES string of the molecule is COCCCc1c(C(=O)O)cc(C)cc1C(=O)O. The highest BCUT2D eigenvalue weighted by Gasteiger charge is 2.18. The lowest BCUT2D eigenvalue weighted by Gasteiger charge is -2.11. The molecule has 0 aliphatic rings. The zero-order valence-corrected chi connectivity index (χ0v) is 10.4. The van der Waals surface area contributed by atoms with E-state index in [4.69, 9.17) is 14.9 Å². The van der Waals surface area contributed by atoms with Gasteiger partial charge in [0.25, 0.3) is 0 Å². The second-order valence-corrected chi connectivity index (χ2v) is 4.05. The maximum atomic E-state index is 11.2. The molecule has 18 heavy (non-hydrogen) atoms. The van der Waals surface area contributed by atoms with E-state index < -0.39 is 11.9 Å². The normalized spacial score (nSPS) is 10.3. The number of aryl methyl sites for hydroxylation is 1. The summed E-state index contributed by atoms with van der Waals surface area (Å²) < 4.78 is 4.89. The number of aromatic carboxylic acids is 2. The van der Waals surface area contributed by atoms with Gasteiger partial charge in [0.05, 0.1) is 11.1 Å². The topological polar surface area (TPSA) is 83.8 Å². The van der Waals surface area contributed by atoms with Crippen molar-refractivity contribution in [1.29, 1.82) is 0 Å². The molecule has 0 spiro atoms. The summed E-state index contributed by atoms with van der Waals surface area (Å²) in [4.78, 5) is 22.3. The van der Waals surface area contributed by atoms with Crippen LogP contribution in [0.3, 0.4) is 0 Å². The third-order valence-electron chi connectivity index (χ3n) is 2.63. The third-order valence-corrected chi connectivity index (χ3v) is 2.63. The molecule has 0 unspecified atom stereocenters. The maximum absolute atomic E-state index is 11.2. The predicted octanol–water partition coefficient (Wildman–Crippen LogP) is 1.97. The number of hydrogen-bond acceptors (Lipinski definition) is 3. The van der Waals surface area contributed by atoms with Gasteiger partial charge < -0.3 is 14.9 Å². The monoisotopic (exact) mass is 252 g/mol. The molecule has 0 bridgehead atoms. The fraction of sp³-hybridized carbons (Fsp3) is 0.385. The van der Waals surface area contributed by atoms with Crippen LogP contribution < -0.4 is 0 Å². The van der Waals surface area contributed by atoms with Crippen molar-refractivity contribution < 1.29 is 24.5 Å². The molecule has 1 rings (SSSR count). The van der Waals surface area contributed by atoms with Crippen LogP contribution in [0, 0.1) is 6.92 Å². The van der Waals surface area contributed by atoms with Gasteiger partial charge in [-0.25, -0.2) is 9.59 Å². The van der Waals surface area contributed by atoms with Crippen molar-refractivity contribution in [3.05, 3.63) is 34.4 Å². The van der Waals surface area contributed by atoms with E-state index in [1.165, 1.54) is 12.1 Å². The molecule has 1 aromatic rings. The fourth-order valence-electron chi connectivity index (χ4n) is 1.86. The Kier molecular flexibility index (Phi) is 4.85. The van der Waals surface area contributed by atoms with E-state index >= 15 is 0 Å². The number of carbonyl (C=O) groups is 2. The number of benzene rings is 1. The van der Waals surface area contributed by atoms with Crippen molar-refractivity contribution in [3.8, 4) is 0 Å². The van der Waals surface area contributed by atoms with Gasteiger partial charge in [0.15, 0.2) is 0 Å². The average Bonchev–Trinajstić information content (AvgIpc) is 2.30. The van der Waals surface area contributed by atoms with Crippen LogP contribution in [0.5, 0.6) is 0 Å². The molecule has 0 fully saturated rings. The average molecular weight is 252 g/mol. The fourth-order valence-corrected chi connectivity index (χ4v) is 1.86. The minimum Gasteiger partial charge on any atom is -0.478 e. The summed E-state index contributed by atoms with van der Waals surface area (Å²) in [5, 5.41) is 18.3. The van der Waals surface area contributed by atoms with Gasteiger partial charge in [-0.3, -0.25) is 0 Å². The minimum absolute atomic E-state index is 0.0588. The van der Waals surface area contributed by atoms with Gasteiger partial charge in [0.2, 0.25) is 0 Å². The second-order valence-electron chi connectivity index (χ2n) is 4.05. The highest BCUT2D eigenvalue weighted by atomic mass is 16.5. The van der Waals surface area contributed by atoms with Crippen molar-refractivity contribution in [2.45, 2.75) is 19.8 Å². The molecule has 0 aliphatic carbocycles. The van der Waals surface area contributed by atoms with Crippen molar-refractivity contribution >= 4 is 11.9 Å². The Balaban J connectivity index is 3.23. The van der Waals surface area contributed by atoms with Crippen molar-refractivity contribution in [2.24, 2.45) is 0 Å². The van der Waals surface area contributed by atoms with Crippen LogP contribution in [0.4, 0.5) is 0 Å². The first-order chi connectivity index (χ1) is 8.47. The zero-order valence-electron chi connectivity index (χ0n) is 10.4. The lowest BCUT2D eigenvalue weighted by Crippen LogP contribution is -2.11. The quantitative estimate of drug-likeness (QED) is 0.756. The number of carboxylic acids is 2. The smallest absolute Gasteiger partial charge is 0.335 e. The molecule has 0 atom stereocenters. The van der Waals surface area contributed by atoms with E-state index in [9.17, 15) is 9.59 Å². The molecule has 0 radical (unpaired) electrons. The predicted molar refractivity (Wildman–Crippen MR) is 65.3 cm³/mol. The molecule has 0 amide bonds. The Bertz CT molecular complexity index is 429. The highest BCUT2D eigenvalue weighted by Crippen LogP contribution is 2.20. The Hall–Kier alpha value is -1.88. The van der Waals surface area contributed by atoms with E-state index in [0.29, 0.717) is 30.6 Å². The molecule has 5 nitrogen and oxygen atoms in total. The number of carboxylic acid groups (broad SMARTS) is 2. The van der Waals surface area contributed by atoms with Crippen LogP contribution >= 0.6 is 0 Å². The molecule has 0 saturated heterocycles. The van der Waals surface area contributed by atoms with E-state index in [2.05, 4.69) is 0 Å². The Morgan fingerprint density at radius 2 is 1.67 bits per heavy atom. The second kappa shape index (κ2) is 6.16. The van der Waals surface area contributed by atoms with Crippen LogP contribution in [0.2, 0.25) is 0 Å². The van der Waals surface area contributed by atoms with Gasteiger partial charge in [-0.1, -0.05) is 0 Å². The molecule has 5 heteroatoms. The van der Waals surface area contributed by atoms with Crippen molar-refractivity contribution in [2.75, 3.05) is 13.7 Å². The van der Waals surface area contributed by atoms with Crippen molar-refractivity contribution in [3.63, 3.8) is 0 Å². The van der Waals surface area contributed by atoms with Gasteiger partial charge in [0, 0.05) is 13.7 Å². The van der Waals surface area contributed by atoms with Crippen LogP contribution in [-0.4, -0.2) is 35.9 Å². The van der Waals surface area contributed by atoms with Crippen molar-refractivity contribution in [1.82, 2.24) is 0 Å². The summed E-state index contributed by atoms with van der Waals surface area (Å²) in [7, 11) is 1.55. The van der Waals surface area contributed by atoms with Crippen LogP contribution in [-0.2, 0) is 11.2 Å². The first-order valence-corrected chi connectivity index (χ1v) is 5.56. The van der Waals surface area contributed by atoms with E-state index in [1.807, 2.05) is 0 Å². The Morgan fingerprint density at radius 1 is 1.17 bits per heavy atom. The van der Waals surface area contributed by atoms with E-state index in [-0.39, 0.29) is 11.1 Å². The van der Waals surface area contributed by atoms with Crippen LogP contribution in [0.25, 0.3) is 0 Å². The van der Waals surface area contributed by atoms with Gasteiger partial charge in [-0.05, 0) is 43.0 Å². The number of ether oxygens (including phenoxy) is 1. The lowest BCUT2D eigenvalue weighted by molar-refractivity contribution is 0.0694. The summed E-state index contributed by atoms with van der Waals surface area (Å²) in [5.41, 5.74) is 1.10. The van der Waals surface area contributed by atoms with Crippen LogP contribution in [0.1, 0.15) is 38.3 Å². The largest absolute Gasteiger partial charge is 0.478 e. The summed E-state index contributed by atoms with van der Waals surface area (Å²) in [5.74, 6) is -2.21. The molecule has 1 aromatic carbocycles. The summed E-state index contributed by atoms with van der Waals surface area (Å²) in [6, 6.07) is 2.99. The minimum atomic E-state index is -1.10. The highest BCUT2D eigenvalue weighted by molar-refractivity contribution is 5.97. The summed E-state index contributed by atoms with van der Waals surface area (Å²) in [6.07, 6.45) is 0.956. The van der Waals surface area contributed by atoms with Gasteiger partial charge in [-0.2, -0.15) is 0 Å². The molecular weight excluding hydrogens is 236 g/mol. The molecule has 98 valence electrons. The molecule has 0 heterocycles. The first-order valence-electron chi connectivity index (χ1n) is 5.56. The molecular formula is C13H16O5. The molecule has 0 saturated carbocycles. The number of methoxy groups -OCH3 is 1. The molecule has 2 N–H and O–H groups in total. The van der Waals surface area contributed by atoms with Gasteiger partial charge >= 0.3 is 11.9 Å². The lowest BCUT2D eigenvalue weighted by atomic mass is 9.94. The Labute approximate surface area is 105 Å². The van der Waals surface area contributed by atoms with Gasteiger partial charge in [0.1, 0.15) is 0 Å². The number of rotatable bonds is 6. The van der Waals surface area contributed by atoms with E-state index in [0.717, 1.165) is 0 Å². The number of hydrogen-bond donors (Lipinski definition) is 2. The van der Waals surface area contributed by atoms with Gasteiger partial charge in [-0.15, -0.1) is 0 Å². The third kappa shape index (κ3) is 3.30. The standard InChI is InChI=1S/C13H16O5/c1-8-6-10(12(14)15)9(4-3-5-18-2)11(7-8)13(16)17/h6-7H,3-5H2,1-2H3,(H,14,15)(H,16,17). The van der Waals surface area contributed by atoms with E-state index in [1.54, 1.807) is 14.0 Å². The molecule has 0 aromatic heterocycles. The van der Waals surface area contributed by atoms with Crippen LogP contribution in [0.15, 0.2) is 12.1 Å². The summed E-state index contributed by atoms with van der Waals surface area (Å²) in [6.45, 7) is 2.14. The Morgan fingerprint density at radius 3 is 2.06 bits per heavy atom. The maximum Gasteiger partial charge on any atom is 0.335 e. The zero-order chi connectivity index (χ0) is 13.7. The molecule has 0 aliphatic heterocycles. The first kappa shape index (κ1) is 14.2. The summed E-state index contributed by atoms with van der Waals surface area (Å²) >= 11 is 0.